The van der Waals surface area contributed by atoms with E-state index in [1.54, 1.807) is 24.3 Å². The molecule has 143 valence electrons. The number of aromatic carboxylic acids is 1. The minimum atomic E-state index is -4.58. The summed E-state index contributed by atoms with van der Waals surface area (Å²) in [4.78, 5) is 10.8. The maximum atomic E-state index is 12.5. The number of carbonyl (C=O) groups excluding carboxylic acids is 1. The molecule has 3 aromatic carbocycles. The van der Waals surface area contributed by atoms with Crippen molar-refractivity contribution in [3.63, 3.8) is 0 Å². The molecule has 0 aromatic heterocycles. The largest absolute Gasteiger partial charge is 2.00 e. The number of carbonyl (C=O) groups is 1. The Balaban J connectivity index is 0.00000280. The molecule has 0 aliphatic heterocycles. The number of azo groups is 1. The number of carboxylic acids is 1. The fraction of sp³-hybridized carbons (Fsp3) is 0.0556. The normalized spacial score (nSPS) is 11.5. The molecule has 8 nitrogen and oxygen atoms in total. The van der Waals surface area contributed by atoms with Crippen molar-refractivity contribution in [2.24, 2.45) is 10.2 Å². The predicted octanol–water partition coefficient (Wildman–Crippen LogP) is 2.24. The minimum Gasteiger partial charge on any atom is -0.871 e. The van der Waals surface area contributed by atoms with Crippen molar-refractivity contribution in [1.29, 1.82) is 0 Å². The molecule has 0 heterocycles. The predicted molar refractivity (Wildman–Crippen MR) is 92.9 cm³/mol. The van der Waals surface area contributed by atoms with Crippen molar-refractivity contribution in [2.45, 2.75) is 11.8 Å². The number of fused-ring (bicyclic) bond motifs is 1. The Kier molecular flexibility index (Phi) is 6.20. The fourth-order valence-corrected chi connectivity index (χ4v) is 3.56. The van der Waals surface area contributed by atoms with Gasteiger partial charge in [0.25, 0.3) is 10.1 Å². The second-order valence-electron chi connectivity index (χ2n) is 5.71. The van der Waals surface area contributed by atoms with Crippen molar-refractivity contribution in [1.82, 2.24) is 0 Å². The zero-order valence-corrected chi connectivity index (χ0v) is 16.3. The number of benzene rings is 3. The molecule has 0 spiro atoms. The first kappa shape index (κ1) is 21.5. The Morgan fingerprint density at radius 2 is 1.75 bits per heavy atom. The summed E-state index contributed by atoms with van der Waals surface area (Å²) >= 11 is 0. The minimum absolute atomic E-state index is 0. The van der Waals surface area contributed by atoms with Crippen LogP contribution in [0.15, 0.2) is 63.7 Å². The van der Waals surface area contributed by atoms with Crippen LogP contribution in [0.3, 0.4) is 0 Å². The van der Waals surface area contributed by atoms with E-state index in [1.165, 1.54) is 31.2 Å². The van der Waals surface area contributed by atoms with Gasteiger partial charge in [-0.15, -0.1) is 5.11 Å². The van der Waals surface area contributed by atoms with Crippen LogP contribution in [-0.2, 0) is 27.2 Å². The SMILES string of the molecule is Cc1cccc(N=Nc2c([O-])c(C(=O)[O-])cc3ccccc23)c1S(=O)(=O)O.[Mn+2]. The van der Waals surface area contributed by atoms with Crippen molar-refractivity contribution < 1.29 is 45.0 Å². The van der Waals surface area contributed by atoms with Gasteiger partial charge in [0.05, 0.1) is 11.7 Å². The van der Waals surface area contributed by atoms with Crippen LogP contribution in [0.2, 0.25) is 0 Å². The first-order chi connectivity index (χ1) is 12.7. The average Bonchev–Trinajstić information content (AvgIpc) is 2.59. The summed E-state index contributed by atoms with van der Waals surface area (Å²) in [5.74, 6) is -2.56. The Hall–Kier alpha value is -2.78. The van der Waals surface area contributed by atoms with E-state index in [-0.39, 0.29) is 34.0 Å². The number of aryl methyl sites for hydroxylation is 1. The third-order valence-electron chi connectivity index (χ3n) is 3.90. The van der Waals surface area contributed by atoms with Crippen LogP contribution in [0.1, 0.15) is 15.9 Å². The molecule has 3 rings (SSSR count). The van der Waals surface area contributed by atoms with Crippen molar-refractivity contribution >= 4 is 38.2 Å². The Bertz CT molecular complexity index is 1210. The summed E-state index contributed by atoms with van der Waals surface area (Å²) in [6.45, 7) is 1.47. The Morgan fingerprint density at radius 3 is 2.39 bits per heavy atom. The van der Waals surface area contributed by atoms with E-state index < -0.39 is 32.3 Å². The van der Waals surface area contributed by atoms with E-state index in [2.05, 4.69) is 10.2 Å². The van der Waals surface area contributed by atoms with Crippen LogP contribution in [0.5, 0.6) is 5.75 Å². The van der Waals surface area contributed by atoms with Gasteiger partial charge in [-0.2, -0.15) is 13.5 Å². The standard InChI is InChI=1S/C18H14N2O6S.Mn/c1-10-5-4-8-14(17(10)27(24,25)26)19-20-15-12-7-3-2-6-11(12)9-13(16(15)21)18(22)23;/h2-9,21H,1H3,(H,22,23)(H,24,25,26);/q;+2/p-2. The number of hydrogen-bond donors (Lipinski definition) is 1. The average molecular weight is 439 g/mol. The van der Waals surface area contributed by atoms with Crippen molar-refractivity contribution in [3.8, 4) is 5.75 Å². The third kappa shape index (κ3) is 4.05. The van der Waals surface area contributed by atoms with Crippen LogP contribution in [0.25, 0.3) is 10.8 Å². The van der Waals surface area contributed by atoms with E-state index in [0.29, 0.717) is 10.8 Å². The Labute approximate surface area is 170 Å². The second-order valence-corrected chi connectivity index (χ2v) is 7.07. The second kappa shape index (κ2) is 8.07. The molecule has 0 atom stereocenters. The van der Waals surface area contributed by atoms with E-state index >= 15 is 0 Å². The summed E-state index contributed by atoms with van der Waals surface area (Å²) in [7, 11) is -4.58. The molecule has 1 N–H and O–H groups in total. The molecule has 0 bridgehead atoms. The van der Waals surface area contributed by atoms with Crippen LogP contribution >= 0.6 is 0 Å². The summed E-state index contributed by atoms with van der Waals surface area (Å²) < 4.78 is 32.6. The first-order valence-corrected chi connectivity index (χ1v) is 9.07. The monoisotopic (exact) mass is 439 g/mol. The van der Waals surface area contributed by atoms with Crippen LogP contribution in [0.4, 0.5) is 11.4 Å². The van der Waals surface area contributed by atoms with E-state index in [1.807, 2.05) is 0 Å². The molecule has 1 radical (unpaired) electrons. The van der Waals surface area contributed by atoms with Gasteiger partial charge in [0.2, 0.25) is 0 Å². The van der Waals surface area contributed by atoms with Gasteiger partial charge in [0.1, 0.15) is 10.6 Å². The van der Waals surface area contributed by atoms with Gasteiger partial charge >= 0.3 is 17.1 Å². The van der Waals surface area contributed by atoms with Crippen molar-refractivity contribution in [2.75, 3.05) is 0 Å². The van der Waals surface area contributed by atoms with Crippen molar-refractivity contribution in [3.05, 3.63) is 59.7 Å². The fourth-order valence-electron chi connectivity index (χ4n) is 2.72. The number of hydrogen-bond acceptors (Lipinski definition) is 7. The smallest absolute Gasteiger partial charge is 0.871 e. The Morgan fingerprint density at radius 1 is 1.07 bits per heavy atom. The molecule has 0 fully saturated rings. The van der Waals surface area contributed by atoms with Gasteiger partial charge in [0.15, 0.2) is 0 Å². The molecule has 3 aromatic rings. The van der Waals surface area contributed by atoms with Gasteiger partial charge in [0, 0.05) is 5.39 Å². The molecule has 0 amide bonds. The van der Waals surface area contributed by atoms with Crippen LogP contribution < -0.4 is 10.2 Å². The van der Waals surface area contributed by atoms with Gasteiger partial charge in [-0.05, 0) is 35.6 Å². The maximum absolute atomic E-state index is 12.5. The summed E-state index contributed by atoms with van der Waals surface area (Å²) in [6, 6.07) is 11.9. The molecule has 0 saturated heterocycles. The maximum Gasteiger partial charge on any atom is 2.00 e. The van der Waals surface area contributed by atoms with E-state index in [0.717, 1.165) is 0 Å². The van der Waals surface area contributed by atoms with Crippen LogP contribution in [0, 0.1) is 6.92 Å². The molecule has 0 saturated carbocycles. The zero-order chi connectivity index (χ0) is 19.8. The summed E-state index contributed by atoms with van der Waals surface area (Å²) in [5.41, 5.74) is -0.790. The van der Waals surface area contributed by atoms with Gasteiger partial charge in [-0.1, -0.05) is 42.1 Å². The number of carboxylic acid groups (broad SMARTS) is 1. The molecule has 28 heavy (non-hydrogen) atoms. The molecule has 0 aliphatic carbocycles. The number of nitrogens with zero attached hydrogens (tertiary/aromatic N) is 2. The topological polar surface area (TPSA) is 142 Å². The third-order valence-corrected chi connectivity index (χ3v) is 4.95. The molecule has 0 aliphatic rings. The summed E-state index contributed by atoms with van der Waals surface area (Å²) in [6.07, 6.45) is 0. The molecule has 10 heteroatoms. The summed E-state index contributed by atoms with van der Waals surface area (Å²) in [5, 5.41) is 32.1. The van der Waals surface area contributed by atoms with Crippen LogP contribution in [-0.4, -0.2) is 18.9 Å². The van der Waals surface area contributed by atoms with Gasteiger partial charge in [-0.3, -0.25) is 4.55 Å². The first-order valence-electron chi connectivity index (χ1n) is 7.63. The number of rotatable bonds is 4. The quantitative estimate of drug-likeness (QED) is 0.375. The molecular weight excluding hydrogens is 427 g/mol. The molecule has 0 unspecified atom stereocenters. The van der Waals surface area contributed by atoms with Gasteiger partial charge in [-0.25, -0.2) is 0 Å². The van der Waals surface area contributed by atoms with E-state index in [9.17, 15) is 28.0 Å². The van der Waals surface area contributed by atoms with E-state index in [4.69, 9.17) is 0 Å². The van der Waals surface area contributed by atoms with Gasteiger partial charge < -0.3 is 15.0 Å². The molecular formula is C18H12MnN2O6S. The zero-order valence-electron chi connectivity index (χ0n) is 14.3.